The molecular weight excluding hydrogens is 214 g/mol. The van der Waals surface area contributed by atoms with Gasteiger partial charge in [-0.1, -0.05) is 24.3 Å². The van der Waals surface area contributed by atoms with Crippen molar-refractivity contribution in [2.75, 3.05) is 6.61 Å². The Bertz CT molecular complexity index is 521. The Hall–Kier alpha value is -1.45. The molecule has 1 saturated heterocycles. The second-order valence-corrected chi connectivity index (χ2v) is 4.45. The number of benzene rings is 1. The summed E-state index contributed by atoms with van der Waals surface area (Å²) in [4.78, 5) is 4.43. The van der Waals surface area contributed by atoms with Gasteiger partial charge in [0.2, 0.25) is 0 Å². The molecule has 0 spiro atoms. The molecule has 2 atom stereocenters. The maximum atomic E-state index is 9.71. The topological polar surface area (TPSA) is 42.4 Å². The van der Waals surface area contributed by atoms with Gasteiger partial charge in [-0.2, -0.15) is 0 Å². The lowest BCUT2D eigenvalue weighted by atomic mass is 9.99. The maximum absolute atomic E-state index is 9.71. The van der Waals surface area contributed by atoms with Crippen LogP contribution in [0, 0.1) is 0 Å². The molecule has 3 heteroatoms. The van der Waals surface area contributed by atoms with Gasteiger partial charge in [0.1, 0.15) is 6.10 Å². The van der Waals surface area contributed by atoms with E-state index in [1.165, 1.54) is 5.39 Å². The third-order valence-electron chi connectivity index (χ3n) is 3.27. The average Bonchev–Trinajstić information content (AvgIpc) is 2.38. The molecule has 1 N–H and O–H groups in total. The highest BCUT2D eigenvalue weighted by Crippen LogP contribution is 2.31. The van der Waals surface area contributed by atoms with Crippen LogP contribution in [0.25, 0.3) is 10.8 Å². The predicted molar refractivity (Wildman–Crippen MR) is 65.7 cm³/mol. The van der Waals surface area contributed by atoms with E-state index in [1.807, 2.05) is 24.4 Å². The Morgan fingerprint density at radius 1 is 1.24 bits per heavy atom. The van der Waals surface area contributed by atoms with E-state index in [-0.39, 0.29) is 12.2 Å². The first-order valence-electron chi connectivity index (χ1n) is 5.98. The SMILES string of the molecule is OC1CCOC(c2nccc3ccccc23)C1. The molecule has 2 unspecified atom stereocenters. The summed E-state index contributed by atoms with van der Waals surface area (Å²) in [6.45, 7) is 0.608. The lowest BCUT2D eigenvalue weighted by Gasteiger charge is -2.26. The van der Waals surface area contributed by atoms with Gasteiger partial charge in [-0.15, -0.1) is 0 Å². The number of rotatable bonds is 1. The first-order valence-corrected chi connectivity index (χ1v) is 5.98. The van der Waals surface area contributed by atoms with Crippen LogP contribution in [0.5, 0.6) is 0 Å². The minimum absolute atomic E-state index is 0.0788. The van der Waals surface area contributed by atoms with E-state index in [0.717, 1.165) is 17.5 Å². The summed E-state index contributed by atoms with van der Waals surface area (Å²) >= 11 is 0. The summed E-state index contributed by atoms with van der Waals surface area (Å²) in [5.74, 6) is 0. The fourth-order valence-electron chi connectivity index (χ4n) is 2.37. The lowest BCUT2D eigenvalue weighted by molar-refractivity contribution is -0.0459. The van der Waals surface area contributed by atoms with E-state index in [0.29, 0.717) is 13.0 Å². The summed E-state index contributed by atoms with van der Waals surface area (Å²) in [6.07, 6.45) is 2.82. The predicted octanol–water partition coefficient (Wildman–Crippen LogP) is 2.45. The van der Waals surface area contributed by atoms with Crippen LogP contribution in [0.1, 0.15) is 24.6 Å². The maximum Gasteiger partial charge on any atom is 0.102 e. The van der Waals surface area contributed by atoms with E-state index in [2.05, 4.69) is 17.1 Å². The van der Waals surface area contributed by atoms with Crippen LogP contribution in [-0.4, -0.2) is 22.8 Å². The van der Waals surface area contributed by atoms with Crippen molar-refractivity contribution in [1.82, 2.24) is 4.98 Å². The van der Waals surface area contributed by atoms with Gasteiger partial charge >= 0.3 is 0 Å². The molecule has 1 aromatic heterocycles. The Morgan fingerprint density at radius 3 is 3.00 bits per heavy atom. The Balaban J connectivity index is 2.04. The Morgan fingerprint density at radius 2 is 2.12 bits per heavy atom. The lowest BCUT2D eigenvalue weighted by Crippen LogP contribution is -2.24. The van der Waals surface area contributed by atoms with Gasteiger partial charge in [0.25, 0.3) is 0 Å². The van der Waals surface area contributed by atoms with E-state index in [4.69, 9.17) is 4.74 Å². The van der Waals surface area contributed by atoms with Gasteiger partial charge in [-0.05, 0) is 17.9 Å². The van der Waals surface area contributed by atoms with E-state index >= 15 is 0 Å². The van der Waals surface area contributed by atoms with Gasteiger partial charge in [-0.3, -0.25) is 4.98 Å². The third kappa shape index (κ3) is 2.04. The number of hydrogen-bond donors (Lipinski definition) is 1. The fourth-order valence-corrected chi connectivity index (χ4v) is 2.37. The smallest absolute Gasteiger partial charge is 0.102 e. The Labute approximate surface area is 100 Å². The van der Waals surface area contributed by atoms with Crippen molar-refractivity contribution in [2.45, 2.75) is 25.0 Å². The molecule has 1 aromatic carbocycles. The van der Waals surface area contributed by atoms with Crippen LogP contribution in [0.3, 0.4) is 0 Å². The minimum Gasteiger partial charge on any atom is -0.393 e. The van der Waals surface area contributed by atoms with Gasteiger partial charge in [0.05, 0.1) is 11.8 Å². The summed E-state index contributed by atoms with van der Waals surface area (Å²) in [7, 11) is 0. The van der Waals surface area contributed by atoms with E-state index in [1.54, 1.807) is 0 Å². The molecule has 0 aliphatic carbocycles. The highest BCUT2D eigenvalue weighted by atomic mass is 16.5. The molecule has 3 nitrogen and oxygen atoms in total. The van der Waals surface area contributed by atoms with Gasteiger partial charge < -0.3 is 9.84 Å². The first kappa shape index (κ1) is 10.7. The number of hydrogen-bond acceptors (Lipinski definition) is 3. The summed E-state index contributed by atoms with van der Waals surface area (Å²) < 4.78 is 5.72. The highest BCUT2D eigenvalue weighted by Gasteiger charge is 2.24. The summed E-state index contributed by atoms with van der Waals surface area (Å²) in [5.41, 5.74) is 0.946. The van der Waals surface area contributed by atoms with Crippen LogP contribution < -0.4 is 0 Å². The number of ether oxygens (including phenoxy) is 1. The van der Waals surface area contributed by atoms with E-state index in [9.17, 15) is 5.11 Å². The Kier molecular flexibility index (Phi) is 2.79. The van der Waals surface area contributed by atoms with Crippen LogP contribution in [-0.2, 0) is 4.74 Å². The minimum atomic E-state index is -0.269. The van der Waals surface area contributed by atoms with Gasteiger partial charge in [0, 0.05) is 24.6 Å². The molecule has 17 heavy (non-hydrogen) atoms. The number of aromatic nitrogens is 1. The molecule has 1 aliphatic heterocycles. The summed E-state index contributed by atoms with van der Waals surface area (Å²) in [5, 5.41) is 12.0. The van der Waals surface area contributed by atoms with E-state index < -0.39 is 0 Å². The molecule has 0 bridgehead atoms. The second kappa shape index (κ2) is 4.43. The van der Waals surface area contributed by atoms with Crippen LogP contribution in [0.15, 0.2) is 36.5 Å². The second-order valence-electron chi connectivity index (χ2n) is 4.45. The van der Waals surface area contributed by atoms with Crippen LogP contribution >= 0.6 is 0 Å². The molecular formula is C14H15NO2. The largest absolute Gasteiger partial charge is 0.393 e. The van der Waals surface area contributed by atoms with Crippen molar-refractivity contribution in [1.29, 1.82) is 0 Å². The molecule has 0 radical (unpaired) electrons. The first-order chi connectivity index (χ1) is 8.34. The molecule has 2 heterocycles. The summed E-state index contributed by atoms with van der Waals surface area (Å²) in [6, 6.07) is 10.1. The number of aliphatic hydroxyl groups is 1. The zero-order valence-corrected chi connectivity index (χ0v) is 9.54. The number of nitrogens with zero attached hydrogens (tertiary/aromatic N) is 1. The number of pyridine rings is 1. The average molecular weight is 229 g/mol. The molecule has 88 valence electrons. The fraction of sp³-hybridized carbons (Fsp3) is 0.357. The zero-order chi connectivity index (χ0) is 11.7. The van der Waals surface area contributed by atoms with Crippen molar-refractivity contribution >= 4 is 10.8 Å². The van der Waals surface area contributed by atoms with Crippen molar-refractivity contribution in [3.63, 3.8) is 0 Å². The zero-order valence-electron chi connectivity index (χ0n) is 9.54. The van der Waals surface area contributed by atoms with Crippen molar-refractivity contribution in [3.8, 4) is 0 Å². The third-order valence-corrected chi connectivity index (χ3v) is 3.27. The molecule has 0 saturated carbocycles. The molecule has 0 amide bonds. The van der Waals surface area contributed by atoms with Crippen molar-refractivity contribution in [2.24, 2.45) is 0 Å². The van der Waals surface area contributed by atoms with Gasteiger partial charge in [0.15, 0.2) is 0 Å². The molecule has 2 aromatic rings. The monoisotopic (exact) mass is 229 g/mol. The number of fused-ring (bicyclic) bond motifs is 1. The van der Waals surface area contributed by atoms with Crippen molar-refractivity contribution < 1.29 is 9.84 Å². The molecule has 3 rings (SSSR count). The van der Waals surface area contributed by atoms with Crippen molar-refractivity contribution in [3.05, 3.63) is 42.2 Å². The van der Waals surface area contributed by atoms with Crippen LogP contribution in [0.4, 0.5) is 0 Å². The standard InChI is InChI=1S/C14H15NO2/c16-11-6-8-17-13(9-11)14-12-4-2-1-3-10(12)5-7-15-14/h1-5,7,11,13,16H,6,8-9H2. The normalized spacial score (nSPS) is 25.0. The molecule has 1 aliphatic rings. The molecule has 1 fully saturated rings. The van der Waals surface area contributed by atoms with Gasteiger partial charge in [-0.25, -0.2) is 0 Å². The number of aliphatic hydroxyl groups excluding tert-OH is 1. The van der Waals surface area contributed by atoms with Crippen LogP contribution in [0.2, 0.25) is 0 Å². The quantitative estimate of drug-likeness (QED) is 0.816. The highest BCUT2D eigenvalue weighted by molar-refractivity contribution is 5.84.